The predicted octanol–water partition coefficient (Wildman–Crippen LogP) is 3.11. The highest BCUT2D eigenvalue weighted by Gasteiger charge is 2.19. The van der Waals surface area contributed by atoms with E-state index in [1.165, 1.54) is 24.9 Å². The topological polar surface area (TPSA) is 56.3 Å². The van der Waals surface area contributed by atoms with E-state index in [0.29, 0.717) is 5.69 Å². The number of hydrogen-bond donors (Lipinski definition) is 0. The Kier molecular flexibility index (Phi) is 5.72. The number of esters is 1. The average Bonchev–Trinajstić information content (AvgIpc) is 2.56. The molecule has 0 unspecified atom stereocenters. The lowest BCUT2D eigenvalue weighted by molar-refractivity contribution is -0.137. The van der Waals surface area contributed by atoms with E-state index in [4.69, 9.17) is 4.74 Å². The molecule has 0 saturated carbocycles. The van der Waals surface area contributed by atoms with Crippen molar-refractivity contribution < 1.29 is 14.3 Å². The van der Waals surface area contributed by atoms with Crippen LogP contribution in [0.1, 0.15) is 12.6 Å². The second kappa shape index (κ2) is 7.75. The molecule has 22 heavy (non-hydrogen) atoms. The number of nitrogens with zero attached hydrogens (tertiary/aromatic N) is 1. The lowest BCUT2D eigenvalue weighted by atomic mass is 10.1. The molecule has 5 heteroatoms. The van der Waals surface area contributed by atoms with E-state index < -0.39 is 5.97 Å². The molecule has 0 aliphatic rings. The summed E-state index contributed by atoms with van der Waals surface area (Å²) in [5.74, 6) is 0.194. The lowest BCUT2D eigenvalue weighted by Crippen LogP contribution is -2.16. The van der Waals surface area contributed by atoms with Gasteiger partial charge in [-0.3, -0.25) is 9.78 Å². The maximum Gasteiger partial charge on any atom is 0.341 e. The molecule has 0 aliphatic heterocycles. The summed E-state index contributed by atoms with van der Waals surface area (Å²) >= 11 is 1.47. The third kappa shape index (κ3) is 3.74. The summed E-state index contributed by atoms with van der Waals surface area (Å²) in [5, 5.41) is 1.89. The Labute approximate surface area is 133 Å². The number of benzene rings is 1. The van der Waals surface area contributed by atoms with Crippen LogP contribution in [0.15, 0.2) is 42.1 Å². The van der Waals surface area contributed by atoms with Gasteiger partial charge in [0, 0.05) is 11.6 Å². The normalized spacial score (nSPS) is 11.5. The molecule has 0 bridgehead atoms. The predicted molar refractivity (Wildman–Crippen MR) is 89.7 cm³/mol. The minimum atomic E-state index is -0.628. The number of fused-ring (bicyclic) bond motifs is 1. The molecule has 4 nitrogen and oxygen atoms in total. The molecule has 2 aromatic rings. The summed E-state index contributed by atoms with van der Waals surface area (Å²) in [6.07, 6.45) is 3.18. The molecule has 2 rings (SSSR count). The monoisotopic (exact) mass is 315 g/mol. The van der Waals surface area contributed by atoms with Crippen molar-refractivity contribution in [3.8, 4) is 0 Å². The first-order chi connectivity index (χ1) is 10.7. The number of pyridine rings is 1. The third-order valence-corrected chi connectivity index (χ3v) is 4.00. The number of carbonyl (C=O) groups excluding carboxylic acids is 2. The Bertz CT molecular complexity index is 719. The zero-order chi connectivity index (χ0) is 15.9. The lowest BCUT2D eigenvalue weighted by Gasteiger charge is -2.06. The minimum absolute atomic E-state index is 0.0345. The van der Waals surface area contributed by atoms with E-state index in [1.54, 1.807) is 6.20 Å². The fraction of sp³-hybridized carbons (Fsp3) is 0.235. The number of rotatable bonds is 6. The molecular formula is C17H17NO3S. The van der Waals surface area contributed by atoms with Gasteiger partial charge in [-0.1, -0.05) is 31.2 Å². The van der Waals surface area contributed by atoms with E-state index in [0.717, 1.165) is 16.5 Å². The largest absolute Gasteiger partial charge is 0.465 e. The zero-order valence-electron chi connectivity index (χ0n) is 12.5. The Hall–Kier alpha value is -2.14. The van der Waals surface area contributed by atoms with Crippen LogP contribution in [-0.2, 0) is 14.3 Å². The maximum absolute atomic E-state index is 12.2. The second-order valence-electron chi connectivity index (χ2n) is 4.53. The number of Topliss-reactive ketones (excluding diaryl/α,β-unsaturated/α-hetero) is 1. The van der Waals surface area contributed by atoms with Crippen molar-refractivity contribution in [2.75, 3.05) is 18.6 Å². The molecule has 0 amide bonds. The van der Waals surface area contributed by atoms with Crippen molar-refractivity contribution in [3.05, 3.63) is 47.8 Å². The molecule has 1 aromatic carbocycles. The molecule has 1 heterocycles. The molecular weight excluding hydrogens is 298 g/mol. The smallest absolute Gasteiger partial charge is 0.341 e. The molecule has 0 atom stereocenters. The highest BCUT2D eigenvalue weighted by Crippen LogP contribution is 2.20. The summed E-state index contributed by atoms with van der Waals surface area (Å²) in [4.78, 5) is 28.4. The summed E-state index contributed by atoms with van der Waals surface area (Å²) in [5.41, 5.74) is 0.626. The van der Waals surface area contributed by atoms with E-state index in [2.05, 4.69) is 4.98 Å². The first-order valence-electron chi connectivity index (χ1n) is 6.92. The molecule has 114 valence electrons. The van der Waals surface area contributed by atoms with Crippen LogP contribution in [0.5, 0.6) is 0 Å². The van der Waals surface area contributed by atoms with Crippen LogP contribution in [0.4, 0.5) is 0 Å². The van der Waals surface area contributed by atoms with Gasteiger partial charge in [0.1, 0.15) is 5.57 Å². The Balaban J connectivity index is 2.47. The fourth-order valence-electron chi connectivity index (χ4n) is 2.03. The Morgan fingerprint density at radius 3 is 2.77 bits per heavy atom. The van der Waals surface area contributed by atoms with Crippen LogP contribution in [0.2, 0.25) is 0 Å². The van der Waals surface area contributed by atoms with Crippen molar-refractivity contribution in [1.29, 1.82) is 0 Å². The van der Waals surface area contributed by atoms with Gasteiger partial charge in [-0.2, -0.15) is 11.8 Å². The average molecular weight is 315 g/mol. The van der Waals surface area contributed by atoms with Gasteiger partial charge in [0.05, 0.1) is 18.6 Å². The maximum atomic E-state index is 12.2. The van der Waals surface area contributed by atoms with Crippen LogP contribution in [0.3, 0.4) is 0 Å². The quantitative estimate of drug-likeness (QED) is 0.355. The van der Waals surface area contributed by atoms with Crippen molar-refractivity contribution in [3.63, 3.8) is 0 Å². The Morgan fingerprint density at radius 2 is 2.05 bits per heavy atom. The minimum Gasteiger partial charge on any atom is -0.465 e. The molecule has 0 aliphatic carbocycles. The van der Waals surface area contributed by atoms with Gasteiger partial charge < -0.3 is 4.74 Å². The van der Waals surface area contributed by atoms with Crippen molar-refractivity contribution in [2.24, 2.45) is 0 Å². The van der Waals surface area contributed by atoms with Crippen LogP contribution in [-0.4, -0.2) is 35.4 Å². The molecule has 0 spiro atoms. The SMILES string of the molecule is CCSCC(=O)C(=Cc1nccc2ccccc12)C(=O)OC. The highest BCUT2D eigenvalue weighted by molar-refractivity contribution is 7.99. The summed E-state index contributed by atoms with van der Waals surface area (Å²) in [7, 11) is 1.27. The fourth-order valence-corrected chi connectivity index (χ4v) is 2.58. The highest BCUT2D eigenvalue weighted by atomic mass is 32.2. The summed E-state index contributed by atoms with van der Waals surface area (Å²) in [6.45, 7) is 1.96. The van der Waals surface area contributed by atoms with Crippen molar-refractivity contribution >= 4 is 40.4 Å². The van der Waals surface area contributed by atoms with E-state index >= 15 is 0 Å². The van der Waals surface area contributed by atoms with Crippen molar-refractivity contribution in [2.45, 2.75) is 6.92 Å². The third-order valence-electron chi connectivity index (χ3n) is 3.13. The first-order valence-corrected chi connectivity index (χ1v) is 8.07. The number of hydrogen-bond acceptors (Lipinski definition) is 5. The summed E-state index contributed by atoms with van der Waals surface area (Å²) in [6, 6.07) is 9.59. The number of aromatic nitrogens is 1. The zero-order valence-corrected chi connectivity index (χ0v) is 13.4. The number of carbonyl (C=O) groups is 2. The molecule has 0 radical (unpaired) electrons. The van der Waals surface area contributed by atoms with Gasteiger partial charge in [0.15, 0.2) is 5.78 Å². The molecule has 0 N–H and O–H groups in total. The van der Waals surface area contributed by atoms with Gasteiger partial charge in [0.25, 0.3) is 0 Å². The first kappa shape index (κ1) is 16.2. The van der Waals surface area contributed by atoms with E-state index in [-0.39, 0.29) is 17.1 Å². The standard InChI is InChI=1S/C17H17NO3S/c1-3-22-11-16(19)14(17(20)21-2)10-15-13-7-5-4-6-12(13)8-9-18-15/h4-10H,3,11H2,1-2H3. The van der Waals surface area contributed by atoms with E-state index in [1.807, 2.05) is 37.3 Å². The van der Waals surface area contributed by atoms with Gasteiger partial charge in [0.2, 0.25) is 0 Å². The van der Waals surface area contributed by atoms with E-state index in [9.17, 15) is 9.59 Å². The van der Waals surface area contributed by atoms with Crippen LogP contribution in [0.25, 0.3) is 16.8 Å². The summed E-state index contributed by atoms with van der Waals surface area (Å²) < 4.78 is 4.73. The number of ether oxygens (including phenoxy) is 1. The van der Waals surface area contributed by atoms with Crippen LogP contribution in [0, 0.1) is 0 Å². The van der Waals surface area contributed by atoms with Crippen molar-refractivity contribution in [1.82, 2.24) is 4.98 Å². The number of thioether (sulfide) groups is 1. The van der Waals surface area contributed by atoms with Gasteiger partial charge in [-0.05, 0) is 23.3 Å². The molecule has 1 aromatic heterocycles. The number of methoxy groups -OCH3 is 1. The van der Waals surface area contributed by atoms with Crippen LogP contribution >= 0.6 is 11.8 Å². The van der Waals surface area contributed by atoms with Gasteiger partial charge in [-0.25, -0.2) is 4.79 Å². The molecule has 0 fully saturated rings. The van der Waals surface area contributed by atoms with Gasteiger partial charge >= 0.3 is 5.97 Å². The second-order valence-corrected chi connectivity index (χ2v) is 5.80. The van der Waals surface area contributed by atoms with Gasteiger partial charge in [-0.15, -0.1) is 0 Å². The Morgan fingerprint density at radius 1 is 1.27 bits per heavy atom. The van der Waals surface area contributed by atoms with Crippen LogP contribution < -0.4 is 0 Å². The number of ketones is 1. The molecule has 0 saturated heterocycles.